The third-order valence-electron chi connectivity index (χ3n) is 4.93. The lowest BCUT2D eigenvalue weighted by Gasteiger charge is -2.18. The molecule has 0 radical (unpaired) electrons. The highest BCUT2D eigenvalue weighted by molar-refractivity contribution is 5.96. The van der Waals surface area contributed by atoms with Gasteiger partial charge in [0, 0.05) is 23.6 Å². The Kier molecular flexibility index (Phi) is 6.19. The predicted octanol–water partition coefficient (Wildman–Crippen LogP) is 4.00. The normalized spacial score (nSPS) is 16.8. The summed E-state index contributed by atoms with van der Waals surface area (Å²) in [5, 5.41) is 2.88. The molecule has 0 fully saturated rings. The van der Waals surface area contributed by atoms with Gasteiger partial charge in [-0.1, -0.05) is 24.6 Å². The minimum atomic E-state index is -0.438. The summed E-state index contributed by atoms with van der Waals surface area (Å²) < 4.78 is 19.0. The molecule has 1 atom stereocenters. The Balaban J connectivity index is 2.11. The summed E-state index contributed by atoms with van der Waals surface area (Å²) in [6.07, 6.45) is 3.14. The lowest BCUT2D eigenvalue weighted by molar-refractivity contribution is -0.139. The van der Waals surface area contributed by atoms with Gasteiger partial charge in [-0.15, -0.1) is 0 Å². The highest BCUT2D eigenvalue weighted by Crippen LogP contribution is 2.34. The highest BCUT2D eigenvalue weighted by atomic mass is 19.1. The monoisotopic (exact) mass is 383 g/mol. The SMILES string of the molecule is COC(=O)Cc1ccc2c(c1)NC(=O)CCCCC(C=O)c1cc(F)cc-2c1. The maximum atomic E-state index is 14.3. The number of nitrogens with one attached hydrogen (secondary N) is 1. The third kappa shape index (κ3) is 4.63. The van der Waals surface area contributed by atoms with Crippen LogP contribution in [0.5, 0.6) is 0 Å². The van der Waals surface area contributed by atoms with Gasteiger partial charge in [-0.3, -0.25) is 9.59 Å². The van der Waals surface area contributed by atoms with Crippen LogP contribution in [0, 0.1) is 5.82 Å². The molecular weight excluding hydrogens is 361 g/mol. The van der Waals surface area contributed by atoms with E-state index >= 15 is 0 Å². The maximum Gasteiger partial charge on any atom is 0.309 e. The van der Waals surface area contributed by atoms with Crippen molar-refractivity contribution < 1.29 is 23.5 Å². The standard InChI is InChI=1S/C22H22FNO4/c1-28-22(27)9-14-6-7-19-17-10-16(11-18(23)12-17)15(13-25)4-2-3-5-21(26)24-20(19)8-14/h6-8,10-13,15H,2-5,9H2,1H3,(H,24,26). The number of benzene rings is 2. The Morgan fingerprint density at radius 2 is 2.07 bits per heavy atom. The van der Waals surface area contributed by atoms with Crippen LogP contribution in [0.1, 0.15) is 42.7 Å². The number of fused-ring (bicyclic) bond motifs is 4. The maximum absolute atomic E-state index is 14.3. The quantitative estimate of drug-likeness (QED) is 0.642. The van der Waals surface area contributed by atoms with Crippen molar-refractivity contribution in [2.75, 3.05) is 12.4 Å². The van der Waals surface area contributed by atoms with Gasteiger partial charge in [-0.25, -0.2) is 4.39 Å². The number of esters is 1. The first kappa shape index (κ1) is 19.7. The molecule has 2 aromatic rings. The minimum Gasteiger partial charge on any atom is -0.469 e. The fourth-order valence-electron chi connectivity index (χ4n) is 3.45. The number of methoxy groups -OCH3 is 1. The van der Waals surface area contributed by atoms with Gasteiger partial charge < -0.3 is 14.8 Å². The van der Waals surface area contributed by atoms with E-state index < -0.39 is 11.7 Å². The number of rotatable bonds is 3. The predicted molar refractivity (Wildman–Crippen MR) is 103 cm³/mol. The van der Waals surface area contributed by atoms with Crippen molar-refractivity contribution in [3.05, 3.63) is 53.3 Å². The van der Waals surface area contributed by atoms with E-state index in [2.05, 4.69) is 5.32 Å². The molecule has 5 nitrogen and oxygen atoms in total. The molecule has 2 aromatic carbocycles. The van der Waals surface area contributed by atoms with E-state index in [0.717, 1.165) is 6.29 Å². The summed E-state index contributed by atoms with van der Waals surface area (Å²) in [5.41, 5.74) is 3.02. The Bertz CT molecular complexity index is 909. The molecule has 1 unspecified atom stereocenters. The van der Waals surface area contributed by atoms with Gasteiger partial charge in [0.25, 0.3) is 0 Å². The first-order chi connectivity index (χ1) is 13.5. The number of carbonyl (C=O) groups excluding carboxylic acids is 3. The number of hydrogen-bond acceptors (Lipinski definition) is 4. The number of aldehydes is 1. The van der Waals surface area contributed by atoms with Crippen molar-refractivity contribution in [2.24, 2.45) is 0 Å². The summed E-state index contributed by atoms with van der Waals surface area (Å²) >= 11 is 0. The Labute approximate surface area is 162 Å². The largest absolute Gasteiger partial charge is 0.469 e. The molecule has 2 bridgehead atoms. The minimum absolute atomic E-state index is 0.0707. The number of anilines is 1. The van der Waals surface area contributed by atoms with Crippen molar-refractivity contribution in [3.63, 3.8) is 0 Å². The Morgan fingerprint density at radius 1 is 1.25 bits per heavy atom. The van der Waals surface area contributed by atoms with Crippen LogP contribution in [0.25, 0.3) is 11.1 Å². The fourth-order valence-corrected chi connectivity index (χ4v) is 3.45. The second kappa shape index (κ2) is 8.78. The topological polar surface area (TPSA) is 72.5 Å². The van der Waals surface area contributed by atoms with Crippen LogP contribution in [-0.4, -0.2) is 25.3 Å². The zero-order chi connectivity index (χ0) is 20.1. The number of hydrogen-bond donors (Lipinski definition) is 1. The van der Waals surface area contributed by atoms with E-state index in [4.69, 9.17) is 4.74 Å². The lowest BCUT2D eigenvalue weighted by atomic mass is 9.90. The summed E-state index contributed by atoms with van der Waals surface area (Å²) in [7, 11) is 1.32. The van der Waals surface area contributed by atoms with Crippen LogP contribution in [0.2, 0.25) is 0 Å². The molecule has 1 amide bonds. The Hall–Kier alpha value is -3.02. The average molecular weight is 383 g/mol. The van der Waals surface area contributed by atoms with Crippen LogP contribution in [-0.2, 0) is 25.5 Å². The second-order valence-electron chi connectivity index (χ2n) is 6.94. The zero-order valence-corrected chi connectivity index (χ0v) is 15.7. The molecule has 1 aliphatic heterocycles. The van der Waals surface area contributed by atoms with E-state index in [1.807, 2.05) is 0 Å². The third-order valence-corrected chi connectivity index (χ3v) is 4.93. The molecule has 146 valence electrons. The molecule has 0 spiro atoms. The van der Waals surface area contributed by atoms with Crippen molar-refractivity contribution in [3.8, 4) is 11.1 Å². The molecule has 0 aliphatic carbocycles. The van der Waals surface area contributed by atoms with Crippen LogP contribution in [0.15, 0.2) is 36.4 Å². The van der Waals surface area contributed by atoms with Gasteiger partial charge in [0.05, 0.1) is 13.5 Å². The second-order valence-corrected chi connectivity index (χ2v) is 6.94. The van der Waals surface area contributed by atoms with E-state index in [1.165, 1.54) is 19.2 Å². The van der Waals surface area contributed by atoms with Gasteiger partial charge in [0.15, 0.2) is 0 Å². The molecule has 3 rings (SSSR count). The van der Waals surface area contributed by atoms with E-state index in [0.29, 0.717) is 53.6 Å². The van der Waals surface area contributed by atoms with Crippen LogP contribution in [0.4, 0.5) is 10.1 Å². The number of carbonyl (C=O) groups is 3. The first-order valence-electron chi connectivity index (χ1n) is 9.26. The molecule has 0 saturated heterocycles. The van der Waals surface area contributed by atoms with Gasteiger partial charge >= 0.3 is 5.97 Å². The lowest BCUT2D eigenvalue weighted by Crippen LogP contribution is -2.14. The fraction of sp³-hybridized carbons (Fsp3) is 0.318. The van der Waals surface area contributed by atoms with E-state index in [-0.39, 0.29) is 18.3 Å². The molecule has 1 aliphatic rings. The van der Waals surface area contributed by atoms with Crippen LogP contribution >= 0.6 is 0 Å². The smallest absolute Gasteiger partial charge is 0.309 e. The van der Waals surface area contributed by atoms with Gasteiger partial charge in [-0.05, 0) is 47.7 Å². The van der Waals surface area contributed by atoms with Crippen molar-refractivity contribution >= 4 is 23.9 Å². The van der Waals surface area contributed by atoms with Crippen LogP contribution < -0.4 is 5.32 Å². The van der Waals surface area contributed by atoms with Crippen LogP contribution in [0.3, 0.4) is 0 Å². The summed E-state index contributed by atoms with van der Waals surface area (Å²) in [5.74, 6) is -1.39. The molecule has 28 heavy (non-hydrogen) atoms. The average Bonchev–Trinajstić information content (AvgIpc) is 2.67. The number of ether oxygens (including phenoxy) is 1. The Morgan fingerprint density at radius 3 is 2.82 bits per heavy atom. The van der Waals surface area contributed by atoms with E-state index in [1.54, 1.807) is 24.3 Å². The number of halogens is 1. The van der Waals surface area contributed by atoms with E-state index in [9.17, 15) is 18.8 Å². The highest BCUT2D eigenvalue weighted by Gasteiger charge is 2.18. The molecule has 0 aromatic heterocycles. The molecule has 0 saturated carbocycles. The molecular formula is C22H22FNO4. The molecule has 1 N–H and O–H groups in total. The van der Waals surface area contributed by atoms with Gasteiger partial charge in [0.1, 0.15) is 12.1 Å². The summed E-state index contributed by atoms with van der Waals surface area (Å²) in [4.78, 5) is 35.5. The van der Waals surface area contributed by atoms with Crippen molar-refractivity contribution in [2.45, 2.75) is 38.0 Å². The summed E-state index contributed by atoms with van der Waals surface area (Å²) in [6.45, 7) is 0. The number of amides is 1. The van der Waals surface area contributed by atoms with Crippen molar-refractivity contribution in [1.82, 2.24) is 0 Å². The zero-order valence-electron chi connectivity index (χ0n) is 15.7. The van der Waals surface area contributed by atoms with Gasteiger partial charge in [-0.2, -0.15) is 0 Å². The summed E-state index contributed by atoms with van der Waals surface area (Å²) in [6, 6.07) is 9.75. The molecule has 1 heterocycles. The van der Waals surface area contributed by atoms with Crippen molar-refractivity contribution in [1.29, 1.82) is 0 Å². The molecule has 6 heteroatoms. The van der Waals surface area contributed by atoms with Gasteiger partial charge in [0.2, 0.25) is 5.91 Å². The first-order valence-corrected chi connectivity index (χ1v) is 9.26.